The van der Waals surface area contributed by atoms with Crippen molar-refractivity contribution in [2.45, 2.75) is 39.5 Å². The van der Waals surface area contributed by atoms with E-state index >= 15 is 0 Å². The van der Waals surface area contributed by atoms with Crippen LogP contribution in [0, 0.1) is 0 Å². The highest BCUT2D eigenvalue weighted by Crippen LogP contribution is 2.15. The topological polar surface area (TPSA) is 37.4 Å². The van der Waals surface area contributed by atoms with Crippen LogP contribution in [0.1, 0.15) is 26.5 Å². The van der Waals surface area contributed by atoms with E-state index in [1.165, 1.54) is 0 Å². The summed E-state index contributed by atoms with van der Waals surface area (Å²) in [5.74, 6) is 1.06. The average molecular weight is 249 g/mol. The minimum atomic E-state index is 0.290. The fraction of sp³-hybridized carbons (Fsp3) is 0.643. The quantitative estimate of drug-likeness (QED) is 0.883. The monoisotopic (exact) mass is 249 g/mol. The summed E-state index contributed by atoms with van der Waals surface area (Å²) in [5, 5.41) is 3.39. The Labute approximate surface area is 109 Å². The number of ether oxygens (including phenoxy) is 1. The second-order valence-electron chi connectivity index (χ2n) is 5.15. The molecule has 4 nitrogen and oxygen atoms in total. The SMILES string of the molecule is CC(C)NCc1cccc(N2CCOC(C)C2)n1. The minimum absolute atomic E-state index is 0.290. The summed E-state index contributed by atoms with van der Waals surface area (Å²) < 4.78 is 5.56. The van der Waals surface area contributed by atoms with E-state index in [1.807, 2.05) is 0 Å². The zero-order chi connectivity index (χ0) is 13.0. The number of pyridine rings is 1. The van der Waals surface area contributed by atoms with Crippen LogP contribution in [0.3, 0.4) is 0 Å². The first-order valence-electron chi connectivity index (χ1n) is 6.71. The number of morpholine rings is 1. The molecule has 0 amide bonds. The van der Waals surface area contributed by atoms with E-state index in [0.29, 0.717) is 6.04 Å². The molecule has 18 heavy (non-hydrogen) atoms. The number of anilines is 1. The maximum absolute atomic E-state index is 5.56. The molecule has 2 rings (SSSR count). The smallest absolute Gasteiger partial charge is 0.129 e. The van der Waals surface area contributed by atoms with E-state index in [2.05, 4.69) is 49.2 Å². The maximum Gasteiger partial charge on any atom is 0.129 e. The van der Waals surface area contributed by atoms with Gasteiger partial charge < -0.3 is 15.0 Å². The van der Waals surface area contributed by atoms with E-state index in [4.69, 9.17) is 9.72 Å². The largest absolute Gasteiger partial charge is 0.375 e. The van der Waals surface area contributed by atoms with Gasteiger partial charge in [0.25, 0.3) is 0 Å². The number of hydrogen-bond acceptors (Lipinski definition) is 4. The van der Waals surface area contributed by atoms with Crippen LogP contribution in [0.4, 0.5) is 5.82 Å². The van der Waals surface area contributed by atoms with Gasteiger partial charge in [-0.25, -0.2) is 4.98 Å². The van der Waals surface area contributed by atoms with Crippen molar-refractivity contribution in [1.29, 1.82) is 0 Å². The standard InChI is InChI=1S/C14H23N3O/c1-11(2)15-9-13-5-4-6-14(16-13)17-7-8-18-12(3)10-17/h4-6,11-12,15H,7-10H2,1-3H3. The van der Waals surface area contributed by atoms with Gasteiger partial charge in [-0.15, -0.1) is 0 Å². The molecule has 1 aromatic rings. The Hall–Kier alpha value is -1.13. The fourth-order valence-electron chi connectivity index (χ4n) is 2.08. The number of rotatable bonds is 4. The third-order valence-electron chi connectivity index (χ3n) is 3.05. The summed E-state index contributed by atoms with van der Waals surface area (Å²) in [6.07, 6.45) is 0.290. The lowest BCUT2D eigenvalue weighted by Crippen LogP contribution is -2.41. The Morgan fingerprint density at radius 1 is 1.50 bits per heavy atom. The molecule has 0 aliphatic carbocycles. The van der Waals surface area contributed by atoms with Crippen LogP contribution < -0.4 is 10.2 Å². The summed E-state index contributed by atoms with van der Waals surface area (Å²) in [4.78, 5) is 7.01. The van der Waals surface area contributed by atoms with Crippen molar-refractivity contribution in [3.63, 3.8) is 0 Å². The molecule has 0 saturated carbocycles. The third-order valence-corrected chi connectivity index (χ3v) is 3.05. The van der Waals surface area contributed by atoms with Crippen molar-refractivity contribution in [2.24, 2.45) is 0 Å². The van der Waals surface area contributed by atoms with Gasteiger partial charge in [0.2, 0.25) is 0 Å². The minimum Gasteiger partial charge on any atom is -0.375 e. The molecule has 1 unspecified atom stereocenters. The van der Waals surface area contributed by atoms with Crippen molar-refractivity contribution in [3.8, 4) is 0 Å². The lowest BCUT2D eigenvalue weighted by molar-refractivity contribution is 0.0529. The summed E-state index contributed by atoms with van der Waals surface area (Å²) in [6, 6.07) is 6.72. The van der Waals surface area contributed by atoms with E-state index < -0.39 is 0 Å². The Kier molecular flexibility index (Phi) is 4.55. The van der Waals surface area contributed by atoms with Gasteiger partial charge in [-0.05, 0) is 19.1 Å². The predicted molar refractivity (Wildman–Crippen MR) is 73.8 cm³/mol. The van der Waals surface area contributed by atoms with Crippen LogP contribution >= 0.6 is 0 Å². The van der Waals surface area contributed by atoms with Gasteiger partial charge in [0, 0.05) is 25.7 Å². The Morgan fingerprint density at radius 3 is 3.06 bits per heavy atom. The number of nitrogens with one attached hydrogen (secondary N) is 1. The van der Waals surface area contributed by atoms with Gasteiger partial charge in [-0.3, -0.25) is 0 Å². The van der Waals surface area contributed by atoms with Crippen molar-refractivity contribution in [2.75, 3.05) is 24.6 Å². The summed E-state index contributed by atoms with van der Waals surface area (Å²) in [6.45, 7) is 9.87. The molecule has 0 spiro atoms. The van der Waals surface area contributed by atoms with Crippen LogP contribution in [0.5, 0.6) is 0 Å². The molecule has 0 bridgehead atoms. The highest BCUT2D eigenvalue weighted by atomic mass is 16.5. The lowest BCUT2D eigenvalue weighted by atomic mass is 10.2. The molecule has 1 aromatic heterocycles. The Bertz CT molecular complexity index is 381. The van der Waals surface area contributed by atoms with Gasteiger partial charge >= 0.3 is 0 Å². The Morgan fingerprint density at radius 2 is 2.33 bits per heavy atom. The summed E-state index contributed by atoms with van der Waals surface area (Å²) >= 11 is 0. The molecule has 1 atom stereocenters. The summed E-state index contributed by atoms with van der Waals surface area (Å²) in [5.41, 5.74) is 1.10. The van der Waals surface area contributed by atoms with Crippen LogP contribution in [0.25, 0.3) is 0 Å². The van der Waals surface area contributed by atoms with Gasteiger partial charge in [-0.1, -0.05) is 19.9 Å². The maximum atomic E-state index is 5.56. The van der Waals surface area contributed by atoms with Gasteiger partial charge in [-0.2, -0.15) is 0 Å². The van der Waals surface area contributed by atoms with Crippen LogP contribution in [-0.4, -0.2) is 36.8 Å². The van der Waals surface area contributed by atoms with E-state index in [9.17, 15) is 0 Å². The molecule has 2 heterocycles. The van der Waals surface area contributed by atoms with Crippen LogP contribution in [0.15, 0.2) is 18.2 Å². The van der Waals surface area contributed by atoms with Crippen LogP contribution in [-0.2, 0) is 11.3 Å². The second-order valence-corrected chi connectivity index (χ2v) is 5.15. The molecular weight excluding hydrogens is 226 g/mol. The molecular formula is C14H23N3O. The van der Waals surface area contributed by atoms with Crippen molar-refractivity contribution in [3.05, 3.63) is 23.9 Å². The highest BCUT2D eigenvalue weighted by Gasteiger charge is 2.17. The first-order valence-corrected chi connectivity index (χ1v) is 6.71. The average Bonchev–Trinajstić information content (AvgIpc) is 2.37. The third kappa shape index (κ3) is 3.68. The number of hydrogen-bond donors (Lipinski definition) is 1. The molecule has 4 heteroatoms. The van der Waals surface area contributed by atoms with E-state index in [1.54, 1.807) is 0 Å². The van der Waals surface area contributed by atoms with Crippen molar-refractivity contribution in [1.82, 2.24) is 10.3 Å². The Balaban J connectivity index is 2.02. The van der Waals surface area contributed by atoms with E-state index in [-0.39, 0.29) is 6.10 Å². The normalized spacial score (nSPS) is 20.4. The fourth-order valence-corrected chi connectivity index (χ4v) is 2.08. The van der Waals surface area contributed by atoms with Crippen LogP contribution in [0.2, 0.25) is 0 Å². The van der Waals surface area contributed by atoms with Gasteiger partial charge in [0.1, 0.15) is 5.82 Å². The summed E-state index contributed by atoms with van der Waals surface area (Å²) in [7, 11) is 0. The first-order chi connectivity index (χ1) is 8.65. The molecule has 0 radical (unpaired) electrons. The van der Waals surface area contributed by atoms with Crippen molar-refractivity contribution < 1.29 is 4.74 Å². The molecule has 1 N–H and O–H groups in total. The van der Waals surface area contributed by atoms with Crippen molar-refractivity contribution >= 4 is 5.82 Å². The molecule has 1 aliphatic rings. The highest BCUT2D eigenvalue weighted by molar-refractivity contribution is 5.39. The molecule has 1 fully saturated rings. The molecule has 1 aliphatic heterocycles. The molecule has 0 aromatic carbocycles. The van der Waals surface area contributed by atoms with E-state index in [0.717, 1.165) is 37.8 Å². The lowest BCUT2D eigenvalue weighted by Gasteiger charge is -2.32. The molecule has 1 saturated heterocycles. The number of nitrogens with zero attached hydrogens (tertiary/aromatic N) is 2. The zero-order valence-electron chi connectivity index (χ0n) is 11.5. The van der Waals surface area contributed by atoms with Gasteiger partial charge in [0.15, 0.2) is 0 Å². The number of aromatic nitrogens is 1. The zero-order valence-corrected chi connectivity index (χ0v) is 11.5. The van der Waals surface area contributed by atoms with Gasteiger partial charge in [0.05, 0.1) is 18.4 Å². The first kappa shape index (κ1) is 13.3. The molecule has 100 valence electrons. The predicted octanol–water partition coefficient (Wildman–Crippen LogP) is 1.80. The second kappa shape index (κ2) is 6.16.